The SMILES string of the molecule is CCOC(=O)c1cn2cc(-c3cnn(C)c3)nc(NCC3(F)CCN(C(=O)OC(C)(C)C)CC3)c2n1. The molecule has 0 saturated carbocycles. The molecule has 11 nitrogen and oxygen atoms in total. The number of aromatic nitrogens is 5. The summed E-state index contributed by atoms with van der Waals surface area (Å²) in [7, 11) is 1.80. The number of fused-ring (bicyclic) bond motifs is 1. The zero-order valence-electron chi connectivity index (χ0n) is 21.2. The Bertz CT molecular complexity index is 1260. The van der Waals surface area contributed by atoms with E-state index >= 15 is 4.39 Å². The maximum Gasteiger partial charge on any atom is 0.410 e. The summed E-state index contributed by atoms with van der Waals surface area (Å²) < 4.78 is 29.5. The van der Waals surface area contributed by atoms with Crippen molar-refractivity contribution in [3.05, 3.63) is 30.5 Å². The maximum absolute atomic E-state index is 15.7. The van der Waals surface area contributed by atoms with Crippen molar-refractivity contribution in [2.75, 3.05) is 31.6 Å². The van der Waals surface area contributed by atoms with Gasteiger partial charge < -0.3 is 24.1 Å². The molecule has 0 radical (unpaired) electrons. The fourth-order valence-electron chi connectivity index (χ4n) is 3.95. The number of nitrogens with one attached hydrogen (secondary N) is 1. The van der Waals surface area contributed by atoms with Crippen LogP contribution in [0.4, 0.5) is 15.0 Å². The van der Waals surface area contributed by atoms with Crippen LogP contribution in [0.15, 0.2) is 24.8 Å². The topological polar surface area (TPSA) is 116 Å². The van der Waals surface area contributed by atoms with Crippen LogP contribution in [0.3, 0.4) is 0 Å². The number of hydrogen-bond acceptors (Lipinski definition) is 8. The molecule has 1 aliphatic heterocycles. The van der Waals surface area contributed by atoms with Crippen molar-refractivity contribution >= 4 is 23.5 Å². The Kier molecular flexibility index (Phi) is 6.87. The summed E-state index contributed by atoms with van der Waals surface area (Å²) in [5.41, 5.74) is -0.316. The molecule has 0 spiro atoms. The lowest BCUT2D eigenvalue weighted by atomic mass is 9.93. The Hall–Kier alpha value is -3.70. The minimum absolute atomic E-state index is 0.0318. The first-order valence-corrected chi connectivity index (χ1v) is 11.9. The molecule has 1 aliphatic rings. The lowest BCUT2D eigenvalue weighted by molar-refractivity contribution is 0.00572. The number of halogens is 1. The molecule has 12 heteroatoms. The highest BCUT2D eigenvalue weighted by molar-refractivity contribution is 5.89. The number of carbonyl (C=O) groups is 2. The van der Waals surface area contributed by atoms with Gasteiger partial charge in [-0.05, 0) is 27.7 Å². The van der Waals surface area contributed by atoms with Crippen molar-refractivity contribution in [3.63, 3.8) is 0 Å². The molecule has 4 rings (SSSR count). The Morgan fingerprint density at radius 1 is 1.17 bits per heavy atom. The molecule has 3 aromatic rings. The number of rotatable bonds is 6. The monoisotopic (exact) mass is 501 g/mol. The van der Waals surface area contributed by atoms with Crippen molar-refractivity contribution in [1.82, 2.24) is 29.0 Å². The van der Waals surface area contributed by atoms with Crippen molar-refractivity contribution in [1.29, 1.82) is 0 Å². The summed E-state index contributed by atoms with van der Waals surface area (Å²) in [6.45, 7) is 7.82. The van der Waals surface area contributed by atoms with Crippen molar-refractivity contribution < 1.29 is 23.5 Å². The first kappa shape index (κ1) is 25.4. The highest BCUT2D eigenvalue weighted by atomic mass is 19.1. The van der Waals surface area contributed by atoms with E-state index < -0.39 is 23.3 Å². The number of piperidine rings is 1. The van der Waals surface area contributed by atoms with E-state index in [2.05, 4.69) is 20.4 Å². The van der Waals surface area contributed by atoms with E-state index in [-0.39, 0.29) is 44.8 Å². The van der Waals surface area contributed by atoms with Crippen LogP contribution in [-0.2, 0) is 16.5 Å². The van der Waals surface area contributed by atoms with Crippen molar-refractivity contribution in [2.24, 2.45) is 7.05 Å². The third-order valence-electron chi connectivity index (χ3n) is 5.81. The minimum atomic E-state index is -1.56. The Balaban J connectivity index is 1.54. The van der Waals surface area contributed by atoms with Gasteiger partial charge in [0.25, 0.3) is 0 Å². The number of imidazole rings is 1. The van der Waals surface area contributed by atoms with E-state index in [1.54, 1.807) is 62.4 Å². The summed E-state index contributed by atoms with van der Waals surface area (Å²) in [5.74, 6) is -0.218. The van der Waals surface area contributed by atoms with Gasteiger partial charge in [0.15, 0.2) is 17.2 Å². The molecule has 194 valence electrons. The number of likely N-dealkylation sites (tertiary alicyclic amines) is 1. The lowest BCUT2D eigenvalue weighted by Crippen LogP contribution is -2.48. The van der Waals surface area contributed by atoms with Gasteiger partial charge in [0.1, 0.15) is 11.3 Å². The van der Waals surface area contributed by atoms with Gasteiger partial charge in [0, 0.05) is 57.1 Å². The molecule has 36 heavy (non-hydrogen) atoms. The summed E-state index contributed by atoms with van der Waals surface area (Å²) in [5, 5.41) is 7.29. The van der Waals surface area contributed by atoms with Crippen LogP contribution in [0.5, 0.6) is 0 Å². The number of anilines is 1. The van der Waals surface area contributed by atoms with Gasteiger partial charge >= 0.3 is 12.1 Å². The van der Waals surface area contributed by atoms with Gasteiger partial charge in [-0.1, -0.05) is 0 Å². The van der Waals surface area contributed by atoms with Gasteiger partial charge in [0.05, 0.1) is 25.0 Å². The zero-order valence-corrected chi connectivity index (χ0v) is 21.2. The van der Waals surface area contributed by atoms with E-state index in [1.807, 2.05) is 6.20 Å². The Morgan fingerprint density at radius 2 is 1.89 bits per heavy atom. The fourth-order valence-corrected chi connectivity index (χ4v) is 3.95. The third-order valence-corrected chi connectivity index (χ3v) is 5.81. The van der Waals surface area contributed by atoms with Gasteiger partial charge in [-0.3, -0.25) is 4.68 Å². The summed E-state index contributed by atoms with van der Waals surface area (Å²) in [6, 6.07) is 0. The van der Waals surface area contributed by atoms with Crippen LogP contribution in [0.2, 0.25) is 0 Å². The van der Waals surface area contributed by atoms with Crippen LogP contribution in [0.1, 0.15) is 51.0 Å². The average Bonchev–Trinajstić information content (AvgIpc) is 3.43. The Labute approximate surface area is 208 Å². The molecule has 1 saturated heterocycles. The molecule has 0 aliphatic carbocycles. The molecule has 3 aromatic heterocycles. The van der Waals surface area contributed by atoms with Crippen molar-refractivity contribution in [2.45, 2.75) is 51.8 Å². The van der Waals surface area contributed by atoms with Crippen LogP contribution < -0.4 is 5.32 Å². The van der Waals surface area contributed by atoms with E-state index in [0.717, 1.165) is 5.56 Å². The summed E-state index contributed by atoms with van der Waals surface area (Å²) in [4.78, 5) is 35.1. The van der Waals surface area contributed by atoms with E-state index in [4.69, 9.17) is 9.47 Å². The molecule has 1 amide bonds. The van der Waals surface area contributed by atoms with E-state index in [1.165, 1.54) is 4.90 Å². The smallest absolute Gasteiger partial charge is 0.410 e. The number of amides is 1. The molecule has 0 unspecified atom stereocenters. The molecule has 4 heterocycles. The average molecular weight is 502 g/mol. The van der Waals surface area contributed by atoms with Crippen LogP contribution in [-0.4, -0.2) is 78.6 Å². The van der Waals surface area contributed by atoms with E-state index in [0.29, 0.717) is 17.2 Å². The second-order valence-corrected chi connectivity index (χ2v) is 9.93. The molecule has 0 aromatic carbocycles. The fraction of sp³-hybridized carbons (Fsp3) is 0.542. The van der Waals surface area contributed by atoms with Crippen LogP contribution in [0.25, 0.3) is 16.9 Å². The van der Waals surface area contributed by atoms with Gasteiger partial charge in [-0.15, -0.1) is 0 Å². The highest BCUT2D eigenvalue weighted by Gasteiger charge is 2.37. The number of aryl methyl sites for hydroxylation is 1. The molecular weight excluding hydrogens is 469 g/mol. The largest absolute Gasteiger partial charge is 0.461 e. The first-order valence-electron chi connectivity index (χ1n) is 11.9. The third kappa shape index (κ3) is 5.74. The zero-order chi connectivity index (χ0) is 26.1. The van der Waals surface area contributed by atoms with E-state index in [9.17, 15) is 9.59 Å². The van der Waals surface area contributed by atoms with Gasteiger partial charge in [-0.25, -0.2) is 23.9 Å². The number of nitrogens with zero attached hydrogens (tertiary/aromatic N) is 6. The lowest BCUT2D eigenvalue weighted by Gasteiger charge is -2.37. The number of esters is 1. The molecular formula is C24H32FN7O4. The first-order chi connectivity index (χ1) is 17.0. The van der Waals surface area contributed by atoms with Crippen LogP contribution in [0, 0.1) is 0 Å². The predicted octanol–water partition coefficient (Wildman–Crippen LogP) is 3.46. The Morgan fingerprint density at radius 3 is 2.50 bits per heavy atom. The second-order valence-electron chi connectivity index (χ2n) is 9.93. The molecule has 0 atom stereocenters. The second kappa shape index (κ2) is 9.75. The van der Waals surface area contributed by atoms with Gasteiger partial charge in [0.2, 0.25) is 0 Å². The predicted molar refractivity (Wildman–Crippen MR) is 131 cm³/mol. The number of carbonyl (C=O) groups excluding carboxylic acids is 2. The normalized spacial score (nSPS) is 15.7. The molecule has 0 bridgehead atoms. The minimum Gasteiger partial charge on any atom is -0.461 e. The van der Waals surface area contributed by atoms with Crippen molar-refractivity contribution in [3.8, 4) is 11.3 Å². The summed E-state index contributed by atoms with van der Waals surface area (Å²) in [6.07, 6.45) is 6.64. The number of hydrogen-bond donors (Lipinski definition) is 1. The highest BCUT2D eigenvalue weighted by Crippen LogP contribution is 2.29. The standard InChI is InChI=1S/C24H32FN7O4/c1-6-35-21(33)18-14-32-13-17(16-11-27-30(5)12-16)28-19(20(32)29-18)26-15-24(25)7-9-31(10-8-24)22(34)36-23(2,3)4/h11-14H,6-10,15H2,1-5H3,(H,26,28). The quantitative estimate of drug-likeness (QED) is 0.511. The maximum atomic E-state index is 15.7. The summed E-state index contributed by atoms with van der Waals surface area (Å²) >= 11 is 0. The molecule has 1 N–H and O–H groups in total. The van der Waals surface area contributed by atoms with Crippen LogP contribution >= 0.6 is 0 Å². The number of ether oxygens (including phenoxy) is 2. The van der Waals surface area contributed by atoms with Gasteiger partial charge in [-0.2, -0.15) is 5.10 Å². The molecule has 1 fully saturated rings. The number of alkyl halides is 1.